The van der Waals surface area contributed by atoms with Gasteiger partial charge in [-0.1, -0.05) is 32.4 Å². The van der Waals surface area contributed by atoms with E-state index in [1.54, 1.807) is 0 Å². The SMILES string of the molecule is CC(C)(C)c1cc(Cl)cc(CC2CCCN2)c1O. The van der Waals surface area contributed by atoms with Crippen molar-refractivity contribution in [2.24, 2.45) is 0 Å². The molecule has 1 heterocycles. The summed E-state index contributed by atoms with van der Waals surface area (Å²) in [5, 5.41) is 14.6. The number of aromatic hydroxyl groups is 1. The quantitative estimate of drug-likeness (QED) is 0.858. The standard InChI is InChI=1S/C15H22ClNO/c1-15(2,3)13-9-11(16)7-10(14(13)18)8-12-5-4-6-17-12/h7,9,12,17-18H,4-6,8H2,1-3H3. The summed E-state index contributed by atoms with van der Waals surface area (Å²) in [5.74, 6) is 0.417. The minimum Gasteiger partial charge on any atom is -0.507 e. The minimum atomic E-state index is -0.0904. The van der Waals surface area contributed by atoms with E-state index in [1.165, 1.54) is 12.8 Å². The molecule has 1 unspecified atom stereocenters. The second-order valence-electron chi connectivity index (χ2n) is 6.21. The second kappa shape index (κ2) is 5.10. The van der Waals surface area contributed by atoms with Crippen LogP contribution in [0.2, 0.25) is 5.02 Å². The van der Waals surface area contributed by atoms with Crippen molar-refractivity contribution in [3.63, 3.8) is 0 Å². The fourth-order valence-corrected chi connectivity index (χ4v) is 2.82. The van der Waals surface area contributed by atoms with Crippen molar-refractivity contribution in [2.45, 2.75) is 51.5 Å². The predicted molar refractivity (Wildman–Crippen MR) is 76.5 cm³/mol. The summed E-state index contributed by atoms with van der Waals surface area (Å²) in [4.78, 5) is 0. The van der Waals surface area contributed by atoms with Crippen LogP contribution in [0.3, 0.4) is 0 Å². The van der Waals surface area contributed by atoms with Gasteiger partial charge >= 0.3 is 0 Å². The zero-order valence-electron chi connectivity index (χ0n) is 11.4. The zero-order valence-corrected chi connectivity index (χ0v) is 12.1. The Bertz CT molecular complexity index is 431. The van der Waals surface area contributed by atoms with Crippen LogP contribution in [0.4, 0.5) is 0 Å². The largest absolute Gasteiger partial charge is 0.507 e. The highest BCUT2D eigenvalue weighted by atomic mass is 35.5. The Morgan fingerprint density at radius 2 is 2.11 bits per heavy atom. The number of phenols is 1. The van der Waals surface area contributed by atoms with Gasteiger partial charge in [0.25, 0.3) is 0 Å². The van der Waals surface area contributed by atoms with Gasteiger partial charge in [-0.2, -0.15) is 0 Å². The molecule has 1 fully saturated rings. The number of phenolic OH excluding ortho intramolecular Hbond substituents is 1. The van der Waals surface area contributed by atoms with E-state index in [0.717, 1.165) is 24.1 Å². The molecule has 0 aromatic heterocycles. The van der Waals surface area contributed by atoms with Crippen molar-refractivity contribution in [1.29, 1.82) is 0 Å². The molecule has 3 heteroatoms. The maximum Gasteiger partial charge on any atom is 0.122 e. The maximum atomic E-state index is 10.4. The molecule has 2 N–H and O–H groups in total. The molecule has 1 aliphatic heterocycles. The van der Waals surface area contributed by atoms with Crippen LogP contribution in [0.1, 0.15) is 44.7 Å². The van der Waals surface area contributed by atoms with E-state index in [-0.39, 0.29) is 5.41 Å². The van der Waals surface area contributed by atoms with E-state index in [0.29, 0.717) is 16.8 Å². The Kier molecular flexibility index (Phi) is 3.88. The van der Waals surface area contributed by atoms with Crippen molar-refractivity contribution in [2.75, 3.05) is 6.54 Å². The Labute approximate surface area is 114 Å². The van der Waals surface area contributed by atoms with Crippen LogP contribution < -0.4 is 5.32 Å². The van der Waals surface area contributed by atoms with Crippen molar-refractivity contribution >= 4 is 11.6 Å². The number of halogens is 1. The van der Waals surface area contributed by atoms with E-state index in [2.05, 4.69) is 26.1 Å². The Morgan fingerprint density at radius 3 is 2.67 bits per heavy atom. The summed E-state index contributed by atoms with van der Waals surface area (Å²) in [6.45, 7) is 7.36. The molecule has 0 radical (unpaired) electrons. The van der Waals surface area contributed by atoms with Crippen molar-refractivity contribution < 1.29 is 5.11 Å². The third-order valence-corrected chi connectivity index (χ3v) is 3.81. The monoisotopic (exact) mass is 267 g/mol. The topological polar surface area (TPSA) is 32.3 Å². The lowest BCUT2D eigenvalue weighted by molar-refractivity contribution is 0.436. The van der Waals surface area contributed by atoms with Crippen molar-refractivity contribution in [3.05, 3.63) is 28.3 Å². The van der Waals surface area contributed by atoms with E-state index >= 15 is 0 Å². The molecule has 0 spiro atoms. The van der Waals surface area contributed by atoms with Gasteiger partial charge in [0.1, 0.15) is 5.75 Å². The second-order valence-corrected chi connectivity index (χ2v) is 6.64. The van der Waals surface area contributed by atoms with Crippen LogP contribution in [-0.4, -0.2) is 17.7 Å². The molecule has 0 aliphatic carbocycles. The molecular formula is C15H22ClNO. The van der Waals surface area contributed by atoms with Crippen LogP contribution in [0, 0.1) is 0 Å². The molecule has 1 aromatic rings. The average molecular weight is 268 g/mol. The fraction of sp³-hybridized carbons (Fsp3) is 0.600. The van der Waals surface area contributed by atoms with E-state index in [4.69, 9.17) is 11.6 Å². The molecule has 0 amide bonds. The molecule has 1 aromatic carbocycles. The first-order valence-electron chi connectivity index (χ1n) is 6.63. The number of hydrogen-bond donors (Lipinski definition) is 2. The van der Waals surface area contributed by atoms with Crippen LogP contribution in [0.5, 0.6) is 5.75 Å². The first-order valence-corrected chi connectivity index (χ1v) is 7.01. The summed E-state index contributed by atoms with van der Waals surface area (Å²) in [5.41, 5.74) is 1.81. The molecule has 0 bridgehead atoms. The molecule has 18 heavy (non-hydrogen) atoms. The Balaban J connectivity index is 2.32. The molecule has 1 aliphatic rings. The van der Waals surface area contributed by atoms with Gasteiger partial charge in [-0.25, -0.2) is 0 Å². The van der Waals surface area contributed by atoms with Gasteiger partial charge in [-0.15, -0.1) is 0 Å². The van der Waals surface area contributed by atoms with Crippen LogP contribution in [-0.2, 0) is 11.8 Å². The summed E-state index contributed by atoms with van der Waals surface area (Å²) < 4.78 is 0. The fourth-order valence-electron chi connectivity index (χ4n) is 2.58. The van der Waals surface area contributed by atoms with Crippen LogP contribution >= 0.6 is 11.6 Å². The normalized spacial score (nSPS) is 20.3. The van der Waals surface area contributed by atoms with Gasteiger partial charge in [0, 0.05) is 16.6 Å². The molecule has 0 saturated carbocycles. The number of benzene rings is 1. The number of hydrogen-bond acceptors (Lipinski definition) is 2. The maximum absolute atomic E-state index is 10.4. The molecule has 1 saturated heterocycles. The van der Waals surface area contributed by atoms with Gasteiger partial charge in [0.15, 0.2) is 0 Å². The van der Waals surface area contributed by atoms with Crippen molar-refractivity contribution in [1.82, 2.24) is 5.32 Å². The highest BCUT2D eigenvalue weighted by molar-refractivity contribution is 6.30. The summed E-state index contributed by atoms with van der Waals surface area (Å²) >= 11 is 6.18. The lowest BCUT2D eigenvalue weighted by Gasteiger charge is -2.23. The molecule has 1 atom stereocenters. The zero-order chi connectivity index (χ0) is 13.3. The van der Waals surface area contributed by atoms with Crippen LogP contribution in [0.25, 0.3) is 0 Å². The Morgan fingerprint density at radius 1 is 1.39 bits per heavy atom. The first kappa shape index (κ1) is 13.7. The lowest BCUT2D eigenvalue weighted by Crippen LogP contribution is -2.24. The van der Waals surface area contributed by atoms with Gasteiger partial charge in [0.2, 0.25) is 0 Å². The molecule has 2 nitrogen and oxygen atoms in total. The summed E-state index contributed by atoms with van der Waals surface area (Å²) in [6.07, 6.45) is 3.25. The van der Waals surface area contributed by atoms with E-state index in [1.807, 2.05) is 12.1 Å². The highest BCUT2D eigenvalue weighted by Gasteiger charge is 2.23. The average Bonchev–Trinajstić information content (AvgIpc) is 2.74. The first-order chi connectivity index (χ1) is 8.38. The lowest BCUT2D eigenvalue weighted by atomic mass is 9.84. The van der Waals surface area contributed by atoms with Gasteiger partial charge in [-0.05, 0) is 48.9 Å². The minimum absolute atomic E-state index is 0.0904. The molecule has 2 rings (SSSR count). The Hall–Kier alpha value is -0.730. The number of rotatable bonds is 2. The number of nitrogens with one attached hydrogen (secondary N) is 1. The third kappa shape index (κ3) is 2.99. The molecular weight excluding hydrogens is 246 g/mol. The molecule has 100 valence electrons. The van der Waals surface area contributed by atoms with E-state index < -0.39 is 0 Å². The van der Waals surface area contributed by atoms with Crippen LogP contribution in [0.15, 0.2) is 12.1 Å². The third-order valence-electron chi connectivity index (χ3n) is 3.59. The van der Waals surface area contributed by atoms with Gasteiger partial charge in [0.05, 0.1) is 0 Å². The highest BCUT2D eigenvalue weighted by Crippen LogP contribution is 2.36. The van der Waals surface area contributed by atoms with Crippen molar-refractivity contribution in [3.8, 4) is 5.75 Å². The van der Waals surface area contributed by atoms with Gasteiger partial charge < -0.3 is 10.4 Å². The van der Waals surface area contributed by atoms with Gasteiger partial charge in [-0.3, -0.25) is 0 Å². The summed E-state index contributed by atoms with van der Waals surface area (Å²) in [6, 6.07) is 4.25. The van der Waals surface area contributed by atoms with E-state index in [9.17, 15) is 5.11 Å². The summed E-state index contributed by atoms with van der Waals surface area (Å²) in [7, 11) is 0. The smallest absolute Gasteiger partial charge is 0.122 e. The predicted octanol–water partition coefficient (Wildman–Crippen LogP) is 3.64.